The summed E-state index contributed by atoms with van der Waals surface area (Å²) in [6, 6.07) is 7.88. The molecule has 0 spiro atoms. The van der Waals surface area contributed by atoms with Crippen molar-refractivity contribution in [2.24, 2.45) is 4.99 Å². The molecule has 0 radical (unpaired) electrons. The van der Waals surface area contributed by atoms with E-state index in [4.69, 9.17) is 5.11 Å². The zero-order chi connectivity index (χ0) is 11.8. The Hall–Kier alpha value is -1.81. The number of nitrogens with zero attached hydrogens (tertiary/aromatic N) is 1. The molecule has 0 saturated carbocycles. The Balaban J connectivity index is 2.15. The van der Waals surface area contributed by atoms with Crippen LogP contribution < -0.4 is 0 Å². The second-order valence-electron chi connectivity index (χ2n) is 3.76. The predicted octanol–water partition coefficient (Wildman–Crippen LogP) is 2.54. The summed E-state index contributed by atoms with van der Waals surface area (Å²) in [5.74, 6) is -0.891. The quantitative estimate of drug-likeness (QED) is 0.824. The van der Waals surface area contributed by atoms with Crippen LogP contribution in [0.3, 0.4) is 0 Å². The number of carboxylic acid groups (broad SMARTS) is 1. The largest absolute Gasteiger partial charge is 0.479 e. The normalized spacial score (nSPS) is 21.1. The summed E-state index contributed by atoms with van der Waals surface area (Å²) in [5.41, 5.74) is 2.87. The topological polar surface area (TPSA) is 49.7 Å². The number of aliphatic carboxylic acids is 1. The second kappa shape index (κ2) is 3.89. The van der Waals surface area contributed by atoms with E-state index in [-0.39, 0.29) is 0 Å². The minimum atomic E-state index is -0.891. The van der Waals surface area contributed by atoms with E-state index < -0.39 is 11.3 Å². The number of allylic oxidation sites excluding steroid dienone is 3. The maximum absolute atomic E-state index is 11.0. The Bertz CT molecular complexity index is 587. The average Bonchev–Trinajstić information content (AvgIpc) is 2.67. The first-order valence-electron chi connectivity index (χ1n) is 5.21. The number of fused-ring (bicyclic) bond motifs is 3. The lowest BCUT2D eigenvalue weighted by Crippen LogP contribution is -2.10. The van der Waals surface area contributed by atoms with Crippen LogP contribution in [0.25, 0.3) is 6.08 Å². The van der Waals surface area contributed by atoms with Gasteiger partial charge in [-0.2, -0.15) is 0 Å². The van der Waals surface area contributed by atoms with Crippen LogP contribution in [0.5, 0.6) is 0 Å². The smallest absolute Gasteiger partial charge is 0.339 e. The molecule has 1 unspecified atom stereocenters. The summed E-state index contributed by atoms with van der Waals surface area (Å²) < 4.78 is 0. The minimum Gasteiger partial charge on any atom is -0.479 e. The molecule has 84 valence electrons. The molecule has 1 aromatic carbocycles. The van der Waals surface area contributed by atoms with Crippen molar-refractivity contribution in [3.05, 3.63) is 52.4 Å². The molecule has 0 amide bonds. The number of carbonyl (C=O) groups is 1. The van der Waals surface area contributed by atoms with E-state index in [0.717, 1.165) is 21.7 Å². The van der Waals surface area contributed by atoms with Crippen LogP contribution in [0, 0.1) is 0 Å². The van der Waals surface area contributed by atoms with Gasteiger partial charge in [0.25, 0.3) is 0 Å². The molecule has 4 heteroatoms. The van der Waals surface area contributed by atoms with E-state index in [1.165, 1.54) is 11.8 Å². The highest BCUT2D eigenvalue weighted by Gasteiger charge is 2.30. The van der Waals surface area contributed by atoms with Gasteiger partial charge in [0.2, 0.25) is 0 Å². The Morgan fingerprint density at radius 3 is 3.00 bits per heavy atom. The summed E-state index contributed by atoms with van der Waals surface area (Å²) in [4.78, 5) is 16.2. The Kier molecular flexibility index (Phi) is 2.37. The number of rotatable bonds is 1. The number of hydrogen-bond acceptors (Lipinski definition) is 3. The molecule has 1 atom stereocenters. The standard InChI is InChI=1S/C13H9NO2S/c15-13(16)12-14-11-9-6-2-1-4-8(9)5-3-7-10(11)17-12/h1-7,12H,(H,15,16). The molecule has 1 N–H and O–H groups in total. The van der Waals surface area contributed by atoms with Gasteiger partial charge in [-0.05, 0) is 11.6 Å². The van der Waals surface area contributed by atoms with Crippen LogP contribution in [-0.4, -0.2) is 22.2 Å². The van der Waals surface area contributed by atoms with Crippen molar-refractivity contribution in [2.45, 2.75) is 5.37 Å². The monoisotopic (exact) mass is 243 g/mol. The fourth-order valence-electron chi connectivity index (χ4n) is 1.91. The summed E-state index contributed by atoms with van der Waals surface area (Å²) in [7, 11) is 0. The van der Waals surface area contributed by atoms with E-state index in [1.807, 2.05) is 42.5 Å². The van der Waals surface area contributed by atoms with Gasteiger partial charge in [0.05, 0.1) is 5.71 Å². The van der Waals surface area contributed by atoms with Crippen molar-refractivity contribution in [2.75, 3.05) is 0 Å². The summed E-state index contributed by atoms with van der Waals surface area (Å²) in [6.07, 6.45) is 5.87. The van der Waals surface area contributed by atoms with Gasteiger partial charge >= 0.3 is 5.97 Å². The zero-order valence-electron chi connectivity index (χ0n) is 8.83. The molecule has 0 bridgehead atoms. The van der Waals surface area contributed by atoms with E-state index in [9.17, 15) is 4.79 Å². The fraction of sp³-hybridized carbons (Fsp3) is 0.0769. The van der Waals surface area contributed by atoms with Gasteiger partial charge in [-0.25, -0.2) is 4.79 Å². The van der Waals surface area contributed by atoms with Crippen molar-refractivity contribution in [3.63, 3.8) is 0 Å². The molecule has 3 rings (SSSR count). The van der Waals surface area contributed by atoms with Crippen molar-refractivity contribution in [1.82, 2.24) is 0 Å². The lowest BCUT2D eigenvalue weighted by atomic mass is 10.0. The van der Waals surface area contributed by atoms with Gasteiger partial charge in [-0.3, -0.25) is 4.99 Å². The molecule has 1 aliphatic carbocycles. The van der Waals surface area contributed by atoms with Crippen molar-refractivity contribution >= 4 is 29.5 Å². The summed E-state index contributed by atoms with van der Waals surface area (Å²) in [5, 5.41) is 8.29. The Morgan fingerprint density at radius 2 is 2.18 bits per heavy atom. The number of thioether (sulfide) groups is 1. The van der Waals surface area contributed by atoms with Gasteiger partial charge in [-0.1, -0.05) is 48.2 Å². The van der Waals surface area contributed by atoms with Gasteiger partial charge in [0.1, 0.15) is 0 Å². The maximum atomic E-state index is 11.0. The van der Waals surface area contributed by atoms with Crippen LogP contribution in [0.2, 0.25) is 0 Å². The zero-order valence-corrected chi connectivity index (χ0v) is 9.65. The van der Waals surface area contributed by atoms with E-state index in [1.54, 1.807) is 0 Å². The number of aliphatic imine (C=N–C) groups is 1. The van der Waals surface area contributed by atoms with Gasteiger partial charge in [0.15, 0.2) is 5.37 Å². The summed E-state index contributed by atoms with van der Waals surface area (Å²) >= 11 is 1.29. The van der Waals surface area contributed by atoms with Crippen LogP contribution in [-0.2, 0) is 4.79 Å². The molecule has 2 aliphatic rings. The molecule has 1 aliphatic heterocycles. The highest BCUT2D eigenvalue weighted by Crippen LogP contribution is 2.36. The molecule has 17 heavy (non-hydrogen) atoms. The van der Waals surface area contributed by atoms with Crippen LogP contribution >= 0.6 is 11.8 Å². The van der Waals surface area contributed by atoms with Crippen molar-refractivity contribution in [1.29, 1.82) is 0 Å². The third-order valence-electron chi connectivity index (χ3n) is 2.67. The average molecular weight is 243 g/mol. The first kappa shape index (κ1) is 10.4. The third-order valence-corrected chi connectivity index (χ3v) is 3.78. The molecule has 0 aromatic heterocycles. The fourth-order valence-corrected chi connectivity index (χ4v) is 2.84. The molecule has 0 fully saturated rings. The first-order valence-corrected chi connectivity index (χ1v) is 6.09. The Labute approximate surface area is 103 Å². The van der Waals surface area contributed by atoms with Gasteiger partial charge in [0, 0.05) is 10.5 Å². The van der Waals surface area contributed by atoms with Crippen LogP contribution in [0.15, 0.2) is 46.3 Å². The second-order valence-corrected chi connectivity index (χ2v) is 4.89. The highest BCUT2D eigenvalue weighted by atomic mass is 32.2. The minimum absolute atomic E-state index is 0.712. The molecular formula is C13H9NO2S. The third kappa shape index (κ3) is 1.70. The lowest BCUT2D eigenvalue weighted by molar-refractivity contribution is -0.136. The molecule has 1 aromatic rings. The molecule has 0 saturated heterocycles. The van der Waals surface area contributed by atoms with Crippen molar-refractivity contribution < 1.29 is 9.90 Å². The molecule has 3 nitrogen and oxygen atoms in total. The maximum Gasteiger partial charge on any atom is 0.339 e. The molecular weight excluding hydrogens is 234 g/mol. The highest BCUT2D eigenvalue weighted by molar-refractivity contribution is 8.05. The summed E-state index contributed by atoms with van der Waals surface area (Å²) in [6.45, 7) is 0. The number of carboxylic acids is 1. The molecule has 1 heterocycles. The van der Waals surface area contributed by atoms with Crippen molar-refractivity contribution in [3.8, 4) is 0 Å². The van der Waals surface area contributed by atoms with Gasteiger partial charge < -0.3 is 5.11 Å². The van der Waals surface area contributed by atoms with Crippen LogP contribution in [0.4, 0.5) is 0 Å². The van der Waals surface area contributed by atoms with Crippen LogP contribution in [0.1, 0.15) is 11.1 Å². The van der Waals surface area contributed by atoms with E-state index in [2.05, 4.69) is 4.99 Å². The SMILES string of the molecule is O=C(O)C1N=C2C(=CC=Cc3ccccc32)S1. The van der Waals surface area contributed by atoms with Gasteiger partial charge in [-0.15, -0.1) is 0 Å². The first-order chi connectivity index (χ1) is 8.25. The van der Waals surface area contributed by atoms with E-state index in [0.29, 0.717) is 0 Å². The number of benzene rings is 1. The Morgan fingerprint density at radius 1 is 1.35 bits per heavy atom. The predicted molar refractivity (Wildman–Crippen MR) is 69.1 cm³/mol. The van der Waals surface area contributed by atoms with E-state index >= 15 is 0 Å². The number of hydrogen-bond donors (Lipinski definition) is 1. The lowest BCUT2D eigenvalue weighted by Gasteiger charge is -2.04.